The third-order valence-corrected chi connectivity index (χ3v) is 2.02. The fourth-order valence-corrected chi connectivity index (χ4v) is 1.24. The molecule has 0 bridgehead atoms. The van der Waals surface area contributed by atoms with E-state index >= 15 is 0 Å². The number of carbonyl (C=O) groups is 1. The zero-order valence-electron chi connectivity index (χ0n) is 8.30. The minimum Gasteiger partial charge on any atom is -0.497 e. The molecule has 1 aromatic rings. The molecule has 82 valence electrons. The van der Waals surface area contributed by atoms with E-state index in [1.807, 2.05) is 0 Å². The van der Waals surface area contributed by atoms with Gasteiger partial charge in [-0.15, -0.1) is 0 Å². The van der Waals surface area contributed by atoms with E-state index in [1.54, 1.807) is 12.1 Å². The maximum absolute atomic E-state index is 10.4. The second kappa shape index (κ2) is 4.65. The van der Waals surface area contributed by atoms with Crippen LogP contribution in [0.2, 0.25) is 0 Å². The smallest absolute Gasteiger partial charge is 0.306 e. The van der Waals surface area contributed by atoms with E-state index in [9.17, 15) is 9.90 Å². The molecule has 0 saturated heterocycles. The van der Waals surface area contributed by atoms with Crippen LogP contribution < -0.4 is 10.5 Å². The third-order valence-electron chi connectivity index (χ3n) is 2.02. The van der Waals surface area contributed by atoms with Gasteiger partial charge in [0.05, 0.1) is 19.6 Å². The summed E-state index contributed by atoms with van der Waals surface area (Å²) in [6.07, 6.45) is -1.49. The summed E-state index contributed by atoms with van der Waals surface area (Å²) in [7, 11) is 1.49. The summed E-state index contributed by atoms with van der Waals surface area (Å²) in [5, 5.41) is 18.1. The van der Waals surface area contributed by atoms with E-state index in [0.717, 1.165) is 0 Å². The summed E-state index contributed by atoms with van der Waals surface area (Å²) in [6.45, 7) is 0. The Bertz CT molecular complexity index is 364. The van der Waals surface area contributed by atoms with Gasteiger partial charge < -0.3 is 20.7 Å². The Morgan fingerprint density at radius 3 is 2.80 bits per heavy atom. The van der Waals surface area contributed by atoms with Gasteiger partial charge in [-0.2, -0.15) is 0 Å². The van der Waals surface area contributed by atoms with Crippen molar-refractivity contribution in [3.63, 3.8) is 0 Å². The molecule has 0 aromatic heterocycles. The molecule has 5 nitrogen and oxygen atoms in total. The Labute approximate surface area is 87.1 Å². The summed E-state index contributed by atoms with van der Waals surface area (Å²) in [5.74, 6) is -0.548. The molecule has 4 N–H and O–H groups in total. The number of benzene rings is 1. The van der Waals surface area contributed by atoms with E-state index in [1.165, 1.54) is 13.2 Å². The van der Waals surface area contributed by atoms with Crippen molar-refractivity contribution in [3.05, 3.63) is 23.8 Å². The average Bonchev–Trinajstić information content (AvgIpc) is 2.17. The highest BCUT2D eigenvalue weighted by Gasteiger charge is 2.15. The number of anilines is 1. The molecule has 1 unspecified atom stereocenters. The highest BCUT2D eigenvalue weighted by Crippen LogP contribution is 2.27. The van der Waals surface area contributed by atoms with Gasteiger partial charge in [-0.1, -0.05) is 0 Å². The van der Waals surface area contributed by atoms with E-state index in [0.29, 0.717) is 17.0 Å². The van der Waals surface area contributed by atoms with Gasteiger partial charge in [0.2, 0.25) is 0 Å². The van der Waals surface area contributed by atoms with Crippen LogP contribution in [0.1, 0.15) is 18.1 Å². The van der Waals surface area contributed by atoms with E-state index in [2.05, 4.69) is 0 Å². The summed E-state index contributed by atoms with van der Waals surface area (Å²) in [6, 6.07) is 4.74. The van der Waals surface area contributed by atoms with Crippen LogP contribution in [0.25, 0.3) is 0 Å². The molecule has 0 aliphatic rings. The number of aliphatic carboxylic acids is 1. The van der Waals surface area contributed by atoms with Crippen LogP contribution in [0, 0.1) is 0 Å². The SMILES string of the molecule is COc1ccc(N)c(C(O)CC(=O)O)c1. The summed E-state index contributed by atoms with van der Waals surface area (Å²) < 4.78 is 4.95. The highest BCUT2D eigenvalue weighted by molar-refractivity contribution is 5.68. The van der Waals surface area contributed by atoms with Crippen molar-refractivity contribution >= 4 is 11.7 Å². The first-order valence-corrected chi connectivity index (χ1v) is 4.38. The zero-order valence-corrected chi connectivity index (χ0v) is 8.30. The number of rotatable bonds is 4. The number of carboxylic acids is 1. The molecule has 5 heteroatoms. The number of hydrogen-bond donors (Lipinski definition) is 3. The van der Waals surface area contributed by atoms with Crippen LogP contribution in [-0.4, -0.2) is 23.3 Å². The first-order valence-electron chi connectivity index (χ1n) is 4.38. The molecular formula is C10H13NO4. The van der Waals surface area contributed by atoms with Gasteiger partial charge in [-0.25, -0.2) is 0 Å². The van der Waals surface area contributed by atoms with Crippen molar-refractivity contribution in [2.45, 2.75) is 12.5 Å². The van der Waals surface area contributed by atoms with E-state index in [4.69, 9.17) is 15.6 Å². The first kappa shape index (κ1) is 11.3. The van der Waals surface area contributed by atoms with Gasteiger partial charge in [0.25, 0.3) is 0 Å². The number of nitrogen functional groups attached to an aromatic ring is 1. The minimum absolute atomic E-state index is 0.351. The Hall–Kier alpha value is -1.75. The van der Waals surface area contributed by atoms with Crippen LogP contribution in [0.15, 0.2) is 18.2 Å². The molecule has 15 heavy (non-hydrogen) atoms. The van der Waals surface area contributed by atoms with E-state index < -0.39 is 12.1 Å². The standard InChI is InChI=1S/C10H13NO4/c1-15-6-2-3-8(11)7(4-6)9(12)5-10(13)14/h2-4,9,12H,5,11H2,1H3,(H,13,14). The largest absolute Gasteiger partial charge is 0.497 e. The van der Waals surface area contributed by atoms with Gasteiger partial charge >= 0.3 is 5.97 Å². The maximum atomic E-state index is 10.4. The molecule has 0 heterocycles. The molecule has 0 aliphatic heterocycles. The molecule has 1 aromatic carbocycles. The van der Waals surface area contributed by atoms with Crippen molar-refractivity contribution in [1.29, 1.82) is 0 Å². The van der Waals surface area contributed by atoms with Crippen LogP contribution in [-0.2, 0) is 4.79 Å². The second-order valence-electron chi connectivity index (χ2n) is 3.11. The molecule has 1 atom stereocenters. The lowest BCUT2D eigenvalue weighted by Gasteiger charge is -2.12. The van der Waals surface area contributed by atoms with Crippen molar-refractivity contribution in [2.24, 2.45) is 0 Å². The van der Waals surface area contributed by atoms with Crippen LogP contribution in [0.3, 0.4) is 0 Å². The fourth-order valence-electron chi connectivity index (χ4n) is 1.24. The van der Waals surface area contributed by atoms with Crippen LogP contribution in [0.5, 0.6) is 5.75 Å². The monoisotopic (exact) mass is 211 g/mol. The molecule has 0 fully saturated rings. The minimum atomic E-state index is -1.11. The summed E-state index contributed by atoms with van der Waals surface area (Å²) >= 11 is 0. The Balaban J connectivity index is 2.95. The Morgan fingerprint density at radius 2 is 2.27 bits per heavy atom. The molecule has 1 rings (SSSR count). The predicted molar refractivity (Wildman–Crippen MR) is 54.6 cm³/mol. The van der Waals surface area contributed by atoms with Gasteiger partial charge in [0.15, 0.2) is 0 Å². The number of ether oxygens (including phenoxy) is 1. The summed E-state index contributed by atoms with van der Waals surface area (Å²) in [5.41, 5.74) is 6.34. The molecule has 0 radical (unpaired) electrons. The maximum Gasteiger partial charge on any atom is 0.306 e. The number of aliphatic hydroxyl groups excluding tert-OH is 1. The normalized spacial score (nSPS) is 12.1. The van der Waals surface area contributed by atoms with Gasteiger partial charge in [0, 0.05) is 11.3 Å². The fraction of sp³-hybridized carbons (Fsp3) is 0.300. The lowest BCUT2D eigenvalue weighted by molar-refractivity contribution is -0.139. The quantitative estimate of drug-likeness (QED) is 0.640. The third kappa shape index (κ3) is 2.85. The lowest BCUT2D eigenvalue weighted by Crippen LogP contribution is -2.08. The molecule has 0 amide bonds. The highest BCUT2D eigenvalue weighted by atomic mass is 16.5. The lowest BCUT2D eigenvalue weighted by atomic mass is 10.0. The topological polar surface area (TPSA) is 92.8 Å². The van der Waals surface area contributed by atoms with Crippen molar-refractivity contribution in [2.75, 3.05) is 12.8 Å². The van der Waals surface area contributed by atoms with Crippen molar-refractivity contribution < 1.29 is 19.7 Å². The van der Waals surface area contributed by atoms with Crippen LogP contribution >= 0.6 is 0 Å². The second-order valence-corrected chi connectivity index (χ2v) is 3.11. The number of hydrogen-bond acceptors (Lipinski definition) is 4. The van der Waals surface area contributed by atoms with Gasteiger partial charge in [-0.05, 0) is 18.2 Å². The first-order chi connectivity index (χ1) is 7.04. The number of nitrogens with two attached hydrogens (primary N) is 1. The van der Waals surface area contributed by atoms with Crippen molar-refractivity contribution in [1.82, 2.24) is 0 Å². The number of carboxylic acid groups (broad SMARTS) is 1. The summed E-state index contributed by atoms with van der Waals surface area (Å²) in [4.78, 5) is 10.4. The van der Waals surface area contributed by atoms with Gasteiger partial charge in [-0.3, -0.25) is 4.79 Å². The van der Waals surface area contributed by atoms with Crippen molar-refractivity contribution in [3.8, 4) is 5.75 Å². The zero-order chi connectivity index (χ0) is 11.4. The Morgan fingerprint density at radius 1 is 1.60 bits per heavy atom. The molecule has 0 spiro atoms. The number of aliphatic hydroxyl groups is 1. The van der Waals surface area contributed by atoms with Gasteiger partial charge in [0.1, 0.15) is 5.75 Å². The van der Waals surface area contributed by atoms with E-state index in [-0.39, 0.29) is 6.42 Å². The predicted octanol–water partition coefficient (Wildman–Crippen LogP) is 0.785. The molecule has 0 saturated carbocycles. The van der Waals surface area contributed by atoms with Crippen LogP contribution in [0.4, 0.5) is 5.69 Å². The number of methoxy groups -OCH3 is 1. The molecular weight excluding hydrogens is 198 g/mol. The average molecular weight is 211 g/mol. The Kier molecular flexibility index (Phi) is 3.51. The molecule has 0 aliphatic carbocycles.